The Hall–Kier alpha value is -3.53. The normalized spacial score (nSPS) is 15.1. The van der Waals surface area contributed by atoms with E-state index in [9.17, 15) is 0 Å². The lowest BCUT2D eigenvalue weighted by Crippen LogP contribution is -2.40. The van der Waals surface area contributed by atoms with Gasteiger partial charge in [-0.15, -0.1) is 0 Å². The van der Waals surface area contributed by atoms with E-state index >= 15 is 0 Å². The van der Waals surface area contributed by atoms with Crippen LogP contribution < -0.4 is 16.0 Å². The molecule has 0 amide bonds. The van der Waals surface area contributed by atoms with Gasteiger partial charge in [-0.1, -0.05) is 6.07 Å². The van der Waals surface area contributed by atoms with E-state index in [-0.39, 0.29) is 12.1 Å². The van der Waals surface area contributed by atoms with E-state index in [1.165, 1.54) is 0 Å². The van der Waals surface area contributed by atoms with E-state index in [0.717, 1.165) is 59.9 Å². The van der Waals surface area contributed by atoms with Gasteiger partial charge in [0.1, 0.15) is 0 Å². The number of pyridine rings is 1. The molecule has 0 radical (unpaired) electrons. The van der Waals surface area contributed by atoms with Crippen LogP contribution in [-0.2, 0) is 6.54 Å². The monoisotopic (exact) mass is 432 g/mol. The number of nitrogens with zero attached hydrogens (tertiary/aromatic N) is 7. The first-order valence-electron chi connectivity index (χ1n) is 11.0. The first-order valence-corrected chi connectivity index (χ1v) is 11.0. The summed E-state index contributed by atoms with van der Waals surface area (Å²) in [6, 6.07) is 6.39. The summed E-state index contributed by atoms with van der Waals surface area (Å²) in [4.78, 5) is 21.1. The Morgan fingerprint density at radius 2 is 2.00 bits per heavy atom. The number of rotatable bonds is 6. The zero-order valence-corrected chi connectivity index (χ0v) is 18.4. The lowest BCUT2D eigenvalue weighted by molar-refractivity contribution is 0.495. The Balaban J connectivity index is 1.50. The van der Waals surface area contributed by atoms with Crippen molar-refractivity contribution in [2.45, 2.75) is 45.3 Å². The quantitative estimate of drug-likeness (QED) is 0.424. The minimum atomic E-state index is 0.246. The Kier molecular flexibility index (Phi) is 5.44. The molecule has 0 unspecified atom stereocenters. The van der Waals surface area contributed by atoms with E-state index in [1.54, 1.807) is 12.4 Å². The van der Waals surface area contributed by atoms with Crippen LogP contribution in [0.4, 0.5) is 11.8 Å². The van der Waals surface area contributed by atoms with Crippen LogP contribution in [0, 0.1) is 0 Å². The minimum absolute atomic E-state index is 0.246. The number of fused-ring (bicyclic) bond motifs is 1. The summed E-state index contributed by atoms with van der Waals surface area (Å²) in [6.45, 7) is 6.51. The van der Waals surface area contributed by atoms with Crippen LogP contribution in [0.1, 0.15) is 38.3 Å². The molecule has 0 aliphatic carbocycles. The maximum absolute atomic E-state index is 6.10. The molecule has 0 saturated carbocycles. The maximum Gasteiger partial charge on any atom is 0.229 e. The van der Waals surface area contributed by atoms with E-state index in [1.807, 2.05) is 24.5 Å². The number of hydrogen-bond acceptors (Lipinski definition) is 8. The Morgan fingerprint density at radius 1 is 1.16 bits per heavy atom. The van der Waals surface area contributed by atoms with Crippen LogP contribution in [0.25, 0.3) is 22.6 Å². The first-order chi connectivity index (χ1) is 15.6. The molecule has 1 aliphatic heterocycles. The molecule has 10 heteroatoms. The highest BCUT2D eigenvalue weighted by Crippen LogP contribution is 2.27. The second kappa shape index (κ2) is 8.54. The molecule has 0 spiro atoms. The van der Waals surface area contributed by atoms with Crippen LogP contribution in [0.3, 0.4) is 0 Å². The second-order valence-electron chi connectivity index (χ2n) is 8.45. The van der Waals surface area contributed by atoms with Crippen molar-refractivity contribution in [3.63, 3.8) is 0 Å². The topological polar surface area (TPSA) is 126 Å². The molecule has 4 aromatic rings. The molecule has 0 aromatic carbocycles. The summed E-state index contributed by atoms with van der Waals surface area (Å²) in [5.41, 5.74) is 10.5. The number of aromatic nitrogens is 7. The number of nitrogens with two attached hydrogens (primary N) is 1. The lowest BCUT2D eigenvalue weighted by atomic mass is 10.1. The first kappa shape index (κ1) is 20.4. The molecule has 166 valence electrons. The molecule has 10 nitrogen and oxygen atoms in total. The summed E-state index contributed by atoms with van der Waals surface area (Å²) in [5, 5.41) is 10.5. The fourth-order valence-corrected chi connectivity index (χ4v) is 4.04. The zero-order chi connectivity index (χ0) is 22.1. The van der Waals surface area contributed by atoms with Crippen molar-refractivity contribution in [3.05, 3.63) is 42.5 Å². The third-order valence-corrected chi connectivity index (χ3v) is 5.88. The number of piperidine rings is 1. The number of aromatic amines is 1. The summed E-state index contributed by atoms with van der Waals surface area (Å²) in [5.74, 6) is 1.44. The largest absolute Gasteiger partial charge is 0.364 e. The molecule has 4 N–H and O–H groups in total. The lowest BCUT2D eigenvalue weighted by Gasteiger charge is -2.30. The van der Waals surface area contributed by atoms with Gasteiger partial charge >= 0.3 is 0 Å². The number of nitrogens with one attached hydrogen (secondary N) is 2. The van der Waals surface area contributed by atoms with Crippen molar-refractivity contribution in [2.24, 2.45) is 5.73 Å². The summed E-state index contributed by atoms with van der Waals surface area (Å²) in [6.07, 6.45) is 7.23. The highest BCUT2D eigenvalue weighted by atomic mass is 15.3. The molecule has 0 bridgehead atoms. The van der Waals surface area contributed by atoms with Crippen LogP contribution >= 0.6 is 0 Å². The smallest absolute Gasteiger partial charge is 0.229 e. The van der Waals surface area contributed by atoms with Crippen LogP contribution in [0.5, 0.6) is 0 Å². The van der Waals surface area contributed by atoms with E-state index in [4.69, 9.17) is 15.7 Å². The number of hydrogen-bond donors (Lipinski definition) is 3. The van der Waals surface area contributed by atoms with Gasteiger partial charge in [0.05, 0.1) is 17.7 Å². The van der Waals surface area contributed by atoms with Crippen molar-refractivity contribution in [1.82, 2.24) is 34.7 Å². The molecule has 1 aliphatic rings. The van der Waals surface area contributed by atoms with Gasteiger partial charge in [0.15, 0.2) is 17.0 Å². The molecule has 5 heterocycles. The summed E-state index contributed by atoms with van der Waals surface area (Å²) >= 11 is 0. The maximum atomic E-state index is 6.10. The van der Waals surface area contributed by atoms with Crippen molar-refractivity contribution in [3.8, 4) is 11.4 Å². The molecular formula is C22H28N10. The van der Waals surface area contributed by atoms with Gasteiger partial charge in [0.25, 0.3) is 0 Å². The third kappa shape index (κ3) is 3.89. The molecule has 1 fully saturated rings. The number of anilines is 2. The van der Waals surface area contributed by atoms with E-state index in [2.05, 4.69) is 48.8 Å². The second-order valence-corrected chi connectivity index (χ2v) is 8.45. The summed E-state index contributed by atoms with van der Waals surface area (Å²) < 4.78 is 2.08. The molecular weight excluding hydrogens is 404 g/mol. The van der Waals surface area contributed by atoms with E-state index < -0.39 is 0 Å². The highest BCUT2D eigenvalue weighted by Gasteiger charge is 2.22. The van der Waals surface area contributed by atoms with Crippen molar-refractivity contribution < 1.29 is 0 Å². The van der Waals surface area contributed by atoms with Gasteiger partial charge in [-0.05, 0) is 44.4 Å². The molecule has 32 heavy (non-hydrogen) atoms. The van der Waals surface area contributed by atoms with E-state index in [0.29, 0.717) is 12.5 Å². The number of imidazole rings is 1. The van der Waals surface area contributed by atoms with Crippen molar-refractivity contribution in [2.75, 3.05) is 23.3 Å². The highest BCUT2D eigenvalue weighted by molar-refractivity contribution is 5.84. The fourth-order valence-electron chi connectivity index (χ4n) is 4.04. The Labute approximate surface area is 186 Å². The van der Waals surface area contributed by atoms with Crippen LogP contribution in [0.15, 0.2) is 36.9 Å². The predicted octanol–water partition coefficient (Wildman–Crippen LogP) is 2.73. The Bertz CT molecular complexity index is 1190. The molecule has 4 aromatic heterocycles. The van der Waals surface area contributed by atoms with Gasteiger partial charge < -0.3 is 20.5 Å². The van der Waals surface area contributed by atoms with Crippen molar-refractivity contribution in [1.29, 1.82) is 0 Å². The molecule has 1 saturated heterocycles. The summed E-state index contributed by atoms with van der Waals surface area (Å²) in [7, 11) is 0. The Morgan fingerprint density at radius 3 is 2.75 bits per heavy atom. The number of H-pyrrole nitrogens is 1. The third-order valence-electron chi connectivity index (χ3n) is 5.88. The molecule has 5 rings (SSSR count). The fraction of sp³-hybridized carbons (Fsp3) is 0.409. The SMILES string of the molecule is CC(C)n1cnc2c(NCc3cccnc3-c3ccn[nH]3)nc(N3CCC(N)CC3)nc21. The predicted molar refractivity (Wildman–Crippen MR) is 124 cm³/mol. The standard InChI is InChI=1S/C22H28N10/c1-14(2)32-13-26-19-20(28-22(29-21(19)32)31-10-6-16(23)7-11-31)25-12-15-4-3-8-24-18(15)17-5-9-27-30-17/h3-5,8-9,13-14,16H,6-7,10-12,23H2,1-2H3,(H,27,30)(H,25,28,29). The van der Waals surface area contributed by atoms with Crippen LogP contribution in [-0.4, -0.2) is 53.8 Å². The van der Waals surface area contributed by atoms with Gasteiger partial charge in [-0.2, -0.15) is 15.1 Å². The molecule has 0 atom stereocenters. The van der Waals surface area contributed by atoms with Crippen LogP contribution in [0.2, 0.25) is 0 Å². The van der Waals surface area contributed by atoms with Gasteiger partial charge in [0.2, 0.25) is 5.95 Å². The zero-order valence-electron chi connectivity index (χ0n) is 18.4. The minimum Gasteiger partial charge on any atom is -0.364 e. The van der Waals surface area contributed by atoms with Gasteiger partial charge in [-0.3, -0.25) is 10.1 Å². The average Bonchev–Trinajstić information content (AvgIpc) is 3.48. The van der Waals surface area contributed by atoms with Gasteiger partial charge in [-0.25, -0.2) is 4.98 Å². The van der Waals surface area contributed by atoms with Gasteiger partial charge in [0, 0.05) is 44.1 Å². The van der Waals surface area contributed by atoms with Crippen molar-refractivity contribution >= 4 is 22.9 Å². The average molecular weight is 433 g/mol.